The molecule has 7 heteroatoms. The van der Waals surface area contributed by atoms with E-state index in [9.17, 15) is 4.79 Å². The largest absolute Gasteiger partial charge is 0.480 e. The minimum absolute atomic E-state index is 0.448. The van der Waals surface area contributed by atoms with Crippen LogP contribution in [0.1, 0.15) is 19.4 Å². The predicted octanol–water partition coefficient (Wildman–Crippen LogP) is 2.14. The Morgan fingerprint density at radius 2 is 2.28 bits per heavy atom. The van der Waals surface area contributed by atoms with Gasteiger partial charge in [0.25, 0.3) is 0 Å². The molecule has 0 spiro atoms. The van der Waals surface area contributed by atoms with Gasteiger partial charge in [-0.3, -0.25) is 0 Å². The van der Waals surface area contributed by atoms with E-state index in [1.54, 1.807) is 25.3 Å². The molecule has 0 aliphatic heterocycles. The lowest BCUT2D eigenvalue weighted by Crippen LogP contribution is -2.18. The maximum atomic E-state index is 11.0. The number of carboxylic acid groups (broad SMARTS) is 1. The number of carbonyl (C=O) groups is 1. The van der Waals surface area contributed by atoms with Crippen molar-refractivity contribution >= 4 is 21.9 Å². The van der Waals surface area contributed by atoms with E-state index in [0.29, 0.717) is 22.4 Å². The highest BCUT2D eigenvalue weighted by Gasteiger charge is 2.19. The lowest BCUT2D eigenvalue weighted by atomic mass is 10.2. The summed E-state index contributed by atoms with van der Waals surface area (Å²) in [6.45, 7) is 1.79. The van der Waals surface area contributed by atoms with Crippen molar-refractivity contribution < 1.29 is 9.90 Å². The third-order valence-electron chi connectivity index (χ3n) is 2.48. The Hall–Kier alpha value is -1.76. The fourth-order valence-electron chi connectivity index (χ4n) is 1.57. The first kappa shape index (κ1) is 12.7. The second-order valence-electron chi connectivity index (χ2n) is 3.69. The molecule has 1 unspecified atom stereocenters. The zero-order valence-electron chi connectivity index (χ0n) is 9.62. The molecule has 2 aromatic heterocycles. The number of nitrogens with zero attached hydrogens (tertiary/aromatic N) is 4. The summed E-state index contributed by atoms with van der Waals surface area (Å²) in [5.41, 5.74) is 1.20. The summed E-state index contributed by atoms with van der Waals surface area (Å²) < 4.78 is 2.04. The predicted molar refractivity (Wildman–Crippen MR) is 67.9 cm³/mol. The summed E-state index contributed by atoms with van der Waals surface area (Å²) in [5, 5.41) is 16.8. The van der Waals surface area contributed by atoms with Crippen molar-refractivity contribution in [2.75, 3.05) is 0 Å². The molecule has 18 heavy (non-hydrogen) atoms. The number of aliphatic carboxylic acids is 1. The normalized spacial score (nSPS) is 12.3. The van der Waals surface area contributed by atoms with Crippen LogP contribution in [0.15, 0.2) is 29.0 Å². The molecule has 94 valence electrons. The quantitative estimate of drug-likeness (QED) is 0.875. The Kier molecular flexibility index (Phi) is 3.71. The molecule has 1 atom stereocenters. The van der Waals surface area contributed by atoms with E-state index in [0.717, 1.165) is 0 Å². The maximum absolute atomic E-state index is 11.0. The molecule has 0 aromatic carbocycles. The summed E-state index contributed by atoms with van der Waals surface area (Å²) in [6, 6.07) is 4.74. The minimum Gasteiger partial charge on any atom is -0.480 e. The SMILES string of the molecule is CCC(C(=O)O)n1cc(-c2cccc(Br)n2)nn1. The Morgan fingerprint density at radius 3 is 2.89 bits per heavy atom. The molecule has 0 fully saturated rings. The summed E-state index contributed by atoms with van der Waals surface area (Å²) >= 11 is 3.27. The van der Waals surface area contributed by atoms with E-state index in [4.69, 9.17) is 5.11 Å². The fourth-order valence-corrected chi connectivity index (χ4v) is 1.92. The van der Waals surface area contributed by atoms with Gasteiger partial charge in [0.2, 0.25) is 0 Å². The molecular weight excluding hydrogens is 300 g/mol. The van der Waals surface area contributed by atoms with Gasteiger partial charge in [-0.05, 0) is 34.5 Å². The van der Waals surface area contributed by atoms with Crippen molar-refractivity contribution in [1.82, 2.24) is 20.0 Å². The second kappa shape index (κ2) is 5.26. The lowest BCUT2D eigenvalue weighted by molar-refractivity contribution is -0.141. The third-order valence-corrected chi connectivity index (χ3v) is 2.92. The van der Waals surface area contributed by atoms with Crippen LogP contribution in [0.25, 0.3) is 11.4 Å². The standard InChI is InChI=1S/C11H11BrN4O2/c1-2-9(11(17)18)16-6-8(14-15-16)7-4-3-5-10(12)13-7/h3-6,9H,2H2,1H3,(H,17,18). The van der Waals surface area contributed by atoms with Gasteiger partial charge in [-0.15, -0.1) is 5.10 Å². The monoisotopic (exact) mass is 310 g/mol. The summed E-state index contributed by atoms with van der Waals surface area (Å²) in [7, 11) is 0. The van der Waals surface area contributed by atoms with Crippen LogP contribution in [0.2, 0.25) is 0 Å². The molecular formula is C11H11BrN4O2. The maximum Gasteiger partial charge on any atom is 0.328 e. The van der Waals surface area contributed by atoms with Gasteiger partial charge >= 0.3 is 5.97 Å². The van der Waals surface area contributed by atoms with Crippen LogP contribution >= 0.6 is 15.9 Å². The Balaban J connectivity index is 2.33. The number of rotatable bonds is 4. The number of carboxylic acids is 1. The number of hydrogen-bond acceptors (Lipinski definition) is 4. The molecule has 0 aliphatic carbocycles. The van der Waals surface area contributed by atoms with Crippen molar-refractivity contribution in [3.05, 3.63) is 29.0 Å². The van der Waals surface area contributed by atoms with E-state index in [1.807, 2.05) is 6.07 Å². The molecule has 2 rings (SSSR count). The third kappa shape index (κ3) is 2.56. The van der Waals surface area contributed by atoms with Gasteiger partial charge in [-0.25, -0.2) is 14.5 Å². The fraction of sp³-hybridized carbons (Fsp3) is 0.273. The van der Waals surface area contributed by atoms with E-state index >= 15 is 0 Å². The van der Waals surface area contributed by atoms with Crippen LogP contribution in [-0.4, -0.2) is 31.1 Å². The van der Waals surface area contributed by atoms with Gasteiger partial charge in [0.15, 0.2) is 6.04 Å². The highest BCUT2D eigenvalue weighted by atomic mass is 79.9. The van der Waals surface area contributed by atoms with Crippen molar-refractivity contribution in [3.63, 3.8) is 0 Å². The Labute approximate surface area is 112 Å². The molecule has 0 aliphatic rings. The highest BCUT2D eigenvalue weighted by molar-refractivity contribution is 9.10. The Morgan fingerprint density at radius 1 is 1.50 bits per heavy atom. The Bertz CT molecular complexity index is 570. The van der Waals surface area contributed by atoms with E-state index in [-0.39, 0.29) is 0 Å². The van der Waals surface area contributed by atoms with Gasteiger partial charge < -0.3 is 5.11 Å². The molecule has 0 amide bonds. The van der Waals surface area contributed by atoms with E-state index in [2.05, 4.69) is 31.2 Å². The van der Waals surface area contributed by atoms with Crippen LogP contribution in [0.5, 0.6) is 0 Å². The zero-order chi connectivity index (χ0) is 13.1. The van der Waals surface area contributed by atoms with Crippen LogP contribution in [0.3, 0.4) is 0 Å². The zero-order valence-corrected chi connectivity index (χ0v) is 11.2. The van der Waals surface area contributed by atoms with Crippen LogP contribution in [0, 0.1) is 0 Å². The van der Waals surface area contributed by atoms with Crippen LogP contribution < -0.4 is 0 Å². The van der Waals surface area contributed by atoms with Gasteiger partial charge in [-0.1, -0.05) is 18.2 Å². The summed E-state index contributed by atoms with van der Waals surface area (Å²) in [4.78, 5) is 15.3. The summed E-state index contributed by atoms with van der Waals surface area (Å²) in [5.74, 6) is -0.920. The molecule has 1 N–H and O–H groups in total. The number of pyridine rings is 1. The molecule has 2 heterocycles. The van der Waals surface area contributed by atoms with Crippen molar-refractivity contribution in [2.45, 2.75) is 19.4 Å². The first-order valence-corrected chi connectivity index (χ1v) is 6.18. The first-order chi connectivity index (χ1) is 8.61. The topological polar surface area (TPSA) is 80.9 Å². The lowest BCUT2D eigenvalue weighted by Gasteiger charge is -2.07. The van der Waals surface area contributed by atoms with E-state index < -0.39 is 12.0 Å². The molecule has 2 aromatic rings. The molecule has 0 saturated heterocycles. The number of halogens is 1. The number of hydrogen-bond donors (Lipinski definition) is 1. The smallest absolute Gasteiger partial charge is 0.328 e. The van der Waals surface area contributed by atoms with E-state index in [1.165, 1.54) is 4.68 Å². The molecule has 0 radical (unpaired) electrons. The van der Waals surface area contributed by atoms with Crippen molar-refractivity contribution in [3.8, 4) is 11.4 Å². The van der Waals surface area contributed by atoms with Gasteiger partial charge in [0.1, 0.15) is 10.3 Å². The summed E-state index contributed by atoms with van der Waals surface area (Å²) in [6.07, 6.45) is 2.04. The molecule has 0 bridgehead atoms. The van der Waals surface area contributed by atoms with Crippen LogP contribution in [-0.2, 0) is 4.79 Å². The first-order valence-electron chi connectivity index (χ1n) is 5.39. The average Bonchev–Trinajstić information content (AvgIpc) is 2.79. The van der Waals surface area contributed by atoms with Gasteiger partial charge in [-0.2, -0.15) is 0 Å². The molecule has 6 nitrogen and oxygen atoms in total. The second-order valence-corrected chi connectivity index (χ2v) is 4.50. The number of aromatic nitrogens is 4. The minimum atomic E-state index is -0.920. The molecule has 0 saturated carbocycles. The highest BCUT2D eigenvalue weighted by Crippen LogP contribution is 2.18. The van der Waals surface area contributed by atoms with Crippen molar-refractivity contribution in [2.24, 2.45) is 0 Å². The van der Waals surface area contributed by atoms with Crippen LogP contribution in [0.4, 0.5) is 0 Å². The van der Waals surface area contributed by atoms with Gasteiger partial charge in [0.05, 0.1) is 11.9 Å². The van der Waals surface area contributed by atoms with Crippen molar-refractivity contribution in [1.29, 1.82) is 0 Å². The average molecular weight is 311 g/mol. The van der Waals surface area contributed by atoms with Gasteiger partial charge in [0, 0.05) is 0 Å².